The molecule has 2 aliphatic heterocycles. The summed E-state index contributed by atoms with van der Waals surface area (Å²) in [7, 11) is 0. The topological polar surface area (TPSA) is 108 Å². The number of ether oxygens (including phenoxy) is 1. The molecule has 0 aromatic heterocycles. The number of rotatable bonds is 6. The molecule has 28 heavy (non-hydrogen) atoms. The number of carbonyl (C=O) groups is 3. The normalized spacial score (nSPS) is 18.7. The van der Waals surface area contributed by atoms with Gasteiger partial charge in [-0.2, -0.15) is 0 Å². The second-order valence-electron chi connectivity index (χ2n) is 7.14. The molecule has 2 aliphatic rings. The Morgan fingerprint density at radius 3 is 2.00 bits per heavy atom. The zero-order valence-corrected chi connectivity index (χ0v) is 18.2. The highest BCUT2D eigenvalue weighted by Gasteiger charge is 2.25. The van der Waals surface area contributed by atoms with Crippen LogP contribution in [-0.2, 0) is 19.1 Å². The number of carbonyl (C=O) groups excluding carboxylic acids is 3. The maximum absolute atomic E-state index is 12.3. The molecule has 2 saturated heterocycles. The molecule has 0 bridgehead atoms. The smallest absolute Gasteiger partial charge is 0.242 e. The summed E-state index contributed by atoms with van der Waals surface area (Å²) >= 11 is 0. The predicted octanol–water partition coefficient (Wildman–Crippen LogP) is -1.07. The van der Waals surface area contributed by atoms with Crippen molar-refractivity contribution in [3.8, 4) is 0 Å². The molecule has 9 nitrogen and oxygen atoms in total. The summed E-state index contributed by atoms with van der Waals surface area (Å²) in [6.07, 6.45) is 0. The van der Waals surface area contributed by atoms with Crippen molar-refractivity contribution in [2.75, 3.05) is 65.6 Å². The van der Waals surface area contributed by atoms with Gasteiger partial charge in [-0.15, -0.1) is 24.8 Å². The molecule has 0 aromatic carbocycles. The highest BCUT2D eigenvalue weighted by Crippen LogP contribution is 2.05. The minimum Gasteiger partial charge on any atom is -0.378 e. The molecule has 2 fully saturated rings. The van der Waals surface area contributed by atoms with Gasteiger partial charge in [0.05, 0.1) is 32.3 Å². The molecule has 0 spiro atoms. The number of hydrogen-bond acceptors (Lipinski definition) is 6. The standard InChI is InChI=1S/C17H31N5O4.2ClH/c1-13(2)16(18)17(25)19-11-14(23)21-5-3-20(4-6-21)12-15(24)22-7-9-26-10-8-22;;/h13,16H,3-12,18H2,1-2H3,(H,19,25);2*1H/t16-;;/m0../s1. The van der Waals surface area contributed by atoms with Crippen LogP contribution in [0.15, 0.2) is 0 Å². The van der Waals surface area contributed by atoms with E-state index < -0.39 is 6.04 Å². The van der Waals surface area contributed by atoms with Gasteiger partial charge in [-0.1, -0.05) is 13.8 Å². The van der Waals surface area contributed by atoms with Crippen molar-refractivity contribution in [1.29, 1.82) is 0 Å². The van der Waals surface area contributed by atoms with Gasteiger partial charge in [0.1, 0.15) is 0 Å². The number of morpholine rings is 1. The number of hydrogen-bond donors (Lipinski definition) is 2. The minimum atomic E-state index is -0.606. The van der Waals surface area contributed by atoms with E-state index in [9.17, 15) is 14.4 Å². The summed E-state index contributed by atoms with van der Waals surface area (Å²) in [6.45, 7) is 8.98. The molecule has 0 radical (unpaired) electrons. The number of nitrogens with two attached hydrogens (primary N) is 1. The largest absolute Gasteiger partial charge is 0.378 e. The first kappa shape index (κ1) is 26.9. The lowest BCUT2D eigenvalue weighted by Crippen LogP contribution is -2.54. The second-order valence-corrected chi connectivity index (χ2v) is 7.14. The van der Waals surface area contributed by atoms with Gasteiger partial charge in [0.25, 0.3) is 0 Å². The summed E-state index contributed by atoms with van der Waals surface area (Å²) in [4.78, 5) is 41.9. The van der Waals surface area contributed by atoms with Crippen molar-refractivity contribution >= 4 is 42.5 Å². The second kappa shape index (κ2) is 13.2. The number of nitrogens with zero attached hydrogens (tertiary/aromatic N) is 3. The van der Waals surface area contributed by atoms with Gasteiger partial charge >= 0.3 is 0 Å². The van der Waals surface area contributed by atoms with E-state index in [0.717, 1.165) is 0 Å². The minimum absolute atomic E-state index is 0. The first-order valence-corrected chi connectivity index (χ1v) is 9.27. The average Bonchev–Trinajstić information content (AvgIpc) is 2.66. The quantitative estimate of drug-likeness (QED) is 0.543. The van der Waals surface area contributed by atoms with Crippen LogP contribution < -0.4 is 11.1 Å². The van der Waals surface area contributed by atoms with Crippen LogP contribution in [-0.4, -0.2) is 104 Å². The van der Waals surface area contributed by atoms with Gasteiger partial charge < -0.3 is 25.6 Å². The lowest BCUT2D eigenvalue weighted by molar-refractivity contribution is -0.138. The molecule has 2 rings (SSSR count). The summed E-state index contributed by atoms with van der Waals surface area (Å²) in [5.41, 5.74) is 5.76. The fourth-order valence-corrected chi connectivity index (χ4v) is 2.95. The van der Waals surface area contributed by atoms with E-state index in [0.29, 0.717) is 59.0 Å². The zero-order chi connectivity index (χ0) is 19.1. The van der Waals surface area contributed by atoms with Crippen molar-refractivity contribution in [2.45, 2.75) is 19.9 Å². The summed E-state index contributed by atoms with van der Waals surface area (Å²) in [5.74, 6) is -0.280. The van der Waals surface area contributed by atoms with E-state index in [1.807, 2.05) is 18.7 Å². The van der Waals surface area contributed by atoms with Gasteiger partial charge in [0, 0.05) is 39.3 Å². The highest BCUT2D eigenvalue weighted by molar-refractivity contribution is 5.87. The molecular formula is C17H33Cl2N5O4. The van der Waals surface area contributed by atoms with Crippen LogP contribution in [0.1, 0.15) is 13.8 Å². The van der Waals surface area contributed by atoms with E-state index in [1.54, 1.807) is 4.90 Å². The Morgan fingerprint density at radius 1 is 0.929 bits per heavy atom. The SMILES string of the molecule is CC(C)[C@H](N)C(=O)NCC(=O)N1CCN(CC(=O)N2CCOCC2)CC1.Cl.Cl. The van der Waals surface area contributed by atoms with Crippen LogP contribution >= 0.6 is 24.8 Å². The Kier molecular flexibility index (Phi) is 12.6. The van der Waals surface area contributed by atoms with E-state index >= 15 is 0 Å². The van der Waals surface area contributed by atoms with E-state index in [1.165, 1.54) is 0 Å². The maximum atomic E-state index is 12.3. The Hall–Kier alpha value is -1.13. The van der Waals surface area contributed by atoms with Gasteiger partial charge in [-0.05, 0) is 5.92 Å². The third-order valence-corrected chi connectivity index (χ3v) is 4.88. The molecule has 11 heteroatoms. The number of amides is 3. The molecule has 0 unspecified atom stereocenters. The van der Waals surface area contributed by atoms with Crippen molar-refractivity contribution in [2.24, 2.45) is 11.7 Å². The van der Waals surface area contributed by atoms with Crippen LogP contribution in [0, 0.1) is 5.92 Å². The average molecular weight is 442 g/mol. The summed E-state index contributed by atoms with van der Waals surface area (Å²) in [5, 5.41) is 2.61. The fourth-order valence-electron chi connectivity index (χ4n) is 2.95. The molecule has 164 valence electrons. The third kappa shape index (κ3) is 8.08. The van der Waals surface area contributed by atoms with Crippen molar-refractivity contribution in [3.63, 3.8) is 0 Å². The molecule has 0 aromatic rings. The van der Waals surface area contributed by atoms with Gasteiger partial charge in [-0.3, -0.25) is 19.3 Å². The molecular weight excluding hydrogens is 409 g/mol. The summed E-state index contributed by atoms with van der Waals surface area (Å²) in [6, 6.07) is -0.606. The van der Waals surface area contributed by atoms with Gasteiger partial charge in [-0.25, -0.2) is 0 Å². The third-order valence-electron chi connectivity index (χ3n) is 4.88. The highest BCUT2D eigenvalue weighted by atomic mass is 35.5. The Morgan fingerprint density at radius 2 is 1.46 bits per heavy atom. The fraction of sp³-hybridized carbons (Fsp3) is 0.824. The van der Waals surface area contributed by atoms with Gasteiger partial charge in [0.2, 0.25) is 17.7 Å². The molecule has 0 aliphatic carbocycles. The van der Waals surface area contributed by atoms with E-state index in [-0.39, 0.29) is 55.0 Å². The van der Waals surface area contributed by atoms with E-state index in [2.05, 4.69) is 10.2 Å². The lowest BCUT2D eigenvalue weighted by atomic mass is 10.1. The molecule has 3 N–H and O–H groups in total. The number of nitrogens with one attached hydrogen (secondary N) is 1. The molecule has 2 heterocycles. The van der Waals surface area contributed by atoms with Crippen LogP contribution in [0.25, 0.3) is 0 Å². The molecule has 0 saturated carbocycles. The van der Waals surface area contributed by atoms with Gasteiger partial charge in [0.15, 0.2) is 0 Å². The summed E-state index contributed by atoms with van der Waals surface area (Å²) < 4.78 is 5.26. The number of halogens is 2. The maximum Gasteiger partial charge on any atom is 0.242 e. The zero-order valence-electron chi connectivity index (χ0n) is 16.6. The first-order valence-electron chi connectivity index (χ1n) is 9.27. The monoisotopic (exact) mass is 441 g/mol. The Bertz CT molecular complexity index is 510. The van der Waals surface area contributed by atoms with Crippen molar-refractivity contribution < 1.29 is 19.1 Å². The van der Waals surface area contributed by atoms with Crippen molar-refractivity contribution in [3.05, 3.63) is 0 Å². The lowest BCUT2D eigenvalue weighted by Gasteiger charge is -2.36. The van der Waals surface area contributed by atoms with Crippen LogP contribution in [0.2, 0.25) is 0 Å². The number of piperazine rings is 1. The van der Waals surface area contributed by atoms with Crippen LogP contribution in [0.5, 0.6) is 0 Å². The predicted molar refractivity (Wildman–Crippen MR) is 111 cm³/mol. The van der Waals surface area contributed by atoms with Crippen LogP contribution in [0.4, 0.5) is 0 Å². The first-order chi connectivity index (χ1) is 12.4. The molecule has 3 amide bonds. The Labute approximate surface area is 179 Å². The molecule has 1 atom stereocenters. The van der Waals surface area contributed by atoms with Crippen LogP contribution in [0.3, 0.4) is 0 Å². The van der Waals surface area contributed by atoms with Crippen molar-refractivity contribution in [1.82, 2.24) is 20.0 Å². The Balaban J connectivity index is 0.00000364. The van der Waals surface area contributed by atoms with E-state index in [4.69, 9.17) is 10.5 Å².